The molecule has 0 saturated carbocycles. The monoisotopic (exact) mass is 318 g/mol. The molecule has 1 saturated heterocycles. The van der Waals surface area contributed by atoms with Crippen molar-refractivity contribution >= 4 is 11.6 Å². The molecule has 0 spiro atoms. The Balaban J connectivity index is 1.42. The minimum Gasteiger partial charge on any atom is -0.374 e. The topological polar surface area (TPSA) is 27.7 Å². The van der Waals surface area contributed by atoms with E-state index in [1.54, 1.807) is 0 Å². The van der Waals surface area contributed by atoms with Gasteiger partial charge in [-0.05, 0) is 11.1 Å². The van der Waals surface area contributed by atoms with E-state index in [1.807, 2.05) is 60.7 Å². The zero-order chi connectivity index (χ0) is 15.2. The van der Waals surface area contributed by atoms with Gasteiger partial charge in [0.1, 0.15) is 12.2 Å². The Bertz CT molecular complexity index is 561. The molecule has 1 fully saturated rings. The second-order valence-electron chi connectivity index (χ2n) is 5.29. The van der Waals surface area contributed by atoms with E-state index in [9.17, 15) is 0 Å². The highest BCUT2D eigenvalue weighted by atomic mass is 35.5. The molecule has 22 heavy (non-hydrogen) atoms. The van der Waals surface area contributed by atoms with Crippen molar-refractivity contribution in [1.29, 1.82) is 0 Å². The molecule has 116 valence electrons. The van der Waals surface area contributed by atoms with E-state index in [2.05, 4.69) is 0 Å². The van der Waals surface area contributed by atoms with Crippen molar-refractivity contribution < 1.29 is 14.2 Å². The Morgan fingerprint density at radius 3 is 2.05 bits per heavy atom. The SMILES string of the molecule is Cl[C@@H]1O[C@H](COCc2ccccc2)[C@H]1OCc1ccccc1. The van der Waals surface area contributed by atoms with E-state index >= 15 is 0 Å². The number of hydrogen-bond donors (Lipinski definition) is 0. The third-order valence-electron chi connectivity index (χ3n) is 3.61. The van der Waals surface area contributed by atoms with Crippen molar-refractivity contribution in [2.75, 3.05) is 6.61 Å². The van der Waals surface area contributed by atoms with Crippen LogP contribution in [0.25, 0.3) is 0 Å². The number of alkyl halides is 1. The Labute approximate surface area is 135 Å². The summed E-state index contributed by atoms with van der Waals surface area (Å²) < 4.78 is 17.0. The lowest BCUT2D eigenvalue weighted by Crippen LogP contribution is -2.54. The zero-order valence-electron chi connectivity index (χ0n) is 12.2. The summed E-state index contributed by atoms with van der Waals surface area (Å²) in [6.45, 7) is 1.59. The number of ether oxygens (including phenoxy) is 3. The van der Waals surface area contributed by atoms with Crippen molar-refractivity contribution in [3.05, 3.63) is 71.8 Å². The van der Waals surface area contributed by atoms with Crippen LogP contribution in [0.5, 0.6) is 0 Å². The molecule has 1 aliphatic heterocycles. The maximum absolute atomic E-state index is 6.07. The van der Waals surface area contributed by atoms with Gasteiger partial charge in [0.2, 0.25) is 0 Å². The standard InChI is InChI=1S/C18H19ClO3/c19-18-17(21-12-15-9-5-2-6-10-15)16(22-18)13-20-11-14-7-3-1-4-8-14/h1-10,16-18H,11-13H2/t16-,17-,18-/m1/s1. The number of rotatable bonds is 7. The van der Waals surface area contributed by atoms with Crippen LogP contribution >= 0.6 is 11.6 Å². The van der Waals surface area contributed by atoms with Gasteiger partial charge < -0.3 is 14.2 Å². The first-order valence-electron chi connectivity index (χ1n) is 7.39. The van der Waals surface area contributed by atoms with Gasteiger partial charge >= 0.3 is 0 Å². The van der Waals surface area contributed by atoms with Crippen LogP contribution in [-0.2, 0) is 27.4 Å². The molecule has 0 unspecified atom stereocenters. The van der Waals surface area contributed by atoms with Crippen LogP contribution in [0.1, 0.15) is 11.1 Å². The first-order valence-corrected chi connectivity index (χ1v) is 7.83. The first kappa shape index (κ1) is 15.5. The van der Waals surface area contributed by atoms with E-state index < -0.39 is 5.56 Å². The summed E-state index contributed by atoms with van der Waals surface area (Å²) in [5.74, 6) is 0. The summed E-state index contributed by atoms with van der Waals surface area (Å²) in [4.78, 5) is 0. The molecular weight excluding hydrogens is 300 g/mol. The molecular formula is C18H19ClO3. The molecule has 0 aromatic heterocycles. The summed E-state index contributed by atoms with van der Waals surface area (Å²) in [5, 5.41) is 0. The molecule has 0 radical (unpaired) electrons. The van der Waals surface area contributed by atoms with Gasteiger partial charge in [-0.2, -0.15) is 0 Å². The summed E-state index contributed by atoms with van der Waals surface area (Å²) in [6, 6.07) is 20.1. The maximum Gasteiger partial charge on any atom is 0.160 e. The van der Waals surface area contributed by atoms with Gasteiger partial charge in [0, 0.05) is 0 Å². The van der Waals surface area contributed by atoms with Crippen LogP contribution in [0.4, 0.5) is 0 Å². The lowest BCUT2D eigenvalue weighted by molar-refractivity contribution is -0.229. The third kappa shape index (κ3) is 4.08. The van der Waals surface area contributed by atoms with E-state index in [1.165, 1.54) is 0 Å². The van der Waals surface area contributed by atoms with Crippen LogP contribution in [0.3, 0.4) is 0 Å². The lowest BCUT2D eigenvalue weighted by Gasteiger charge is -2.40. The molecule has 3 rings (SSSR count). The average Bonchev–Trinajstić information content (AvgIpc) is 2.56. The fourth-order valence-corrected chi connectivity index (χ4v) is 2.72. The predicted octanol–water partition coefficient (Wildman–Crippen LogP) is 3.75. The number of halogens is 1. The van der Waals surface area contributed by atoms with Crippen LogP contribution in [-0.4, -0.2) is 24.4 Å². The molecule has 4 heteroatoms. The second-order valence-corrected chi connectivity index (χ2v) is 5.72. The molecule has 2 aromatic carbocycles. The van der Waals surface area contributed by atoms with E-state index in [-0.39, 0.29) is 12.2 Å². The normalized spacial score (nSPS) is 24.0. The van der Waals surface area contributed by atoms with Crippen LogP contribution in [0.2, 0.25) is 0 Å². The Morgan fingerprint density at radius 2 is 1.45 bits per heavy atom. The minimum atomic E-state index is -0.394. The van der Waals surface area contributed by atoms with Crippen molar-refractivity contribution in [3.8, 4) is 0 Å². The average molecular weight is 319 g/mol. The lowest BCUT2D eigenvalue weighted by atomic mass is 10.1. The molecule has 0 aliphatic carbocycles. The second kappa shape index (κ2) is 7.75. The molecule has 0 amide bonds. The Kier molecular flexibility index (Phi) is 5.46. The van der Waals surface area contributed by atoms with E-state index in [0.717, 1.165) is 11.1 Å². The fraction of sp³-hybridized carbons (Fsp3) is 0.333. The van der Waals surface area contributed by atoms with Crippen LogP contribution in [0.15, 0.2) is 60.7 Å². The number of benzene rings is 2. The largest absolute Gasteiger partial charge is 0.374 e. The highest BCUT2D eigenvalue weighted by Gasteiger charge is 2.42. The summed E-state index contributed by atoms with van der Waals surface area (Å²) >= 11 is 6.07. The summed E-state index contributed by atoms with van der Waals surface area (Å²) in [5.41, 5.74) is 1.88. The molecule has 3 nitrogen and oxygen atoms in total. The summed E-state index contributed by atoms with van der Waals surface area (Å²) in [7, 11) is 0. The quantitative estimate of drug-likeness (QED) is 0.728. The van der Waals surface area contributed by atoms with Crippen molar-refractivity contribution in [1.82, 2.24) is 0 Å². The van der Waals surface area contributed by atoms with Gasteiger partial charge in [-0.1, -0.05) is 72.3 Å². The molecule has 2 aromatic rings. The van der Waals surface area contributed by atoms with Gasteiger partial charge in [-0.3, -0.25) is 0 Å². The molecule has 1 aliphatic rings. The number of hydrogen-bond acceptors (Lipinski definition) is 3. The Morgan fingerprint density at radius 1 is 0.864 bits per heavy atom. The van der Waals surface area contributed by atoms with Crippen molar-refractivity contribution in [2.24, 2.45) is 0 Å². The van der Waals surface area contributed by atoms with Gasteiger partial charge in [0.05, 0.1) is 19.8 Å². The Hall–Kier alpha value is -1.39. The molecule has 1 heterocycles. The fourth-order valence-electron chi connectivity index (χ4n) is 2.35. The molecule has 0 bridgehead atoms. The van der Waals surface area contributed by atoms with E-state index in [0.29, 0.717) is 19.8 Å². The minimum absolute atomic E-state index is 0.102. The highest BCUT2D eigenvalue weighted by Crippen LogP contribution is 2.29. The smallest absolute Gasteiger partial charge is 0.160 e. The third-order valence-corrected chi connectivity index (χ3v) is 3.96. The predicted molar refractivity (Wildman–Crippen MR) is 85.6 cm³/mol. The first-order chi connectivity index (χ1) is 10.8. The highest BCUT2D eigenvalue weighted by molar-refractivity contribution is 6.20. The van der Waals surface area contributed by atoms with E-state index in [4.69, 9.17) is 25.8 Å². The van der Waals surface area contributed by atoms with Crippen LogP contribution < -0.4 is 0 Å². The molecule has 0 N–H and O–H groups in total. The van der Waals surface area contributed by atoms with Gasteiger partial charge in [0.15, 0.2) is 5.56 Å². The molecule has 3 atom stereocenters. The van der Waals surface area contributed by atoms with Crippen LogP contribution in [0, 0.1) is 0 Å². The van der Waals surface area contributed by atoms with Gasteiger partial charge in [0.25, 0.3) is 0 Å². The zero-order valence-corrected chi connectivity index (χ0v) is 13.0. The summed E-state index contributed by atoms with van der Waals surface area (Å²) in [6.07, 6.45) is -0.229. The van der Waals surface area contributed by atoms with Crippen molar-refractivity contribution in [2.45, 2.75) is 31.0 Å². The van der Waals surface area contributed by atoms with Gasteiger partial charge in [-0.25, -0.2) is 0 Å². The van der Waals surface area contributed by atoms with Gasteiger partial charge in [-0.15, -0.1) is 0 Å². The van der Waals surface area contributed by atoms with Crippen molar-refractivity contribution in [3.63, 3.8) is 0 Å². The maximum atomic E-state index is 6.07.